The largest absolute Gasteiger partial charge is 0.378 e. The van der Waals surface area contributed by atoms with Crippen LogP contribution < -0.4 is 5.32 Å². The molecule has 2 rings (SSSR count). The van der Waals surface area contributed by atoms with Crippen LogP contribution in [0.1, 0.15) is 37.7 Å². The molecule has 0 aromatic carbocycles. The highest BCUT2D eigenvalue weighted by atomic mass is 35.5. The Kier molecular flexibility index (Phi) is 6.41. The lowest BCUT2D eigenvalue weighted by atomic mass is 10.2. The van der Waals surface area contributed by atoms with Gasteiger partial charge in [-0.3, -0.25) is 4.68 Å². The van der Waals surface area contributed by atoms with Crippen molar-refractivity contribution in [3.8, 4) is 0 Å². The van der Waals surface area contributed by atoms with Gasteiger partial charge in [0.2, 0.25) is 5.95 Å². The number of aryl methyl sites for hydroxylation is 3. The Morgan fingerprint density at radius 1 is 1.23 bits per heavy atom. The Labute approximate surface area is 137 Å². The lowest BCUT2D eigenvalue weighted by Gasteiger charge is -2.05. The summed E-state index contributed by atoms with van der Waals surface area (Å²) in [4.78, 5) is 0. The van der Waals surface area contributed by atoms with Gasteiger partial charge in [0, 0.05) is 31.4 Å². The summed E-state index contributed by atoms with van der Waals surface area (Å²) in [6, 6.07) is 0. The Balaban J connectivity index is 0.00000242. The molecule has 0 saturated heterocycles. The van der Waals surface area contributed by atoms with Gasteiger partial charge in [-0.1, -0.05) is 13.8 Å². The van der Waals surface area contributed by atoms with E-state index < -0.39 is 0 Å². The number of rotatable bonds is 6. The Morgan fingerprint density at radius 2 is 1.91 bits per heavy atom. The lowest BCUT2D eigenvalue weighted by molar-refractivity contribution is 0.464. The van der Waals surface area contributed by atoms with Crippen molar-refractivity contribution >= 4 is 18.1 Å². The van der Waals surface area contributed by atoms with E-state index in [0.717, 1.165) is 23.6 Å². The molecule has 0 saturated carbocycles. The summed E-state index contributed by atoms with van der Waals surface area (Å²) in [7, 11) is 0. The highest BCUT2D eigenvalue weighted by molar-refractivity contribution is 5.85. The van der Waals surface area contributed by atoms with Crippen molar-refractivity contribution in [1.29, 1.82) is 0 Å². The highest BCUT2D eigenvalue weighted by Gasteiger charge is 2.14. The summed E-state index contributed by atoms with van der Waals surface area (Å²) in [6.45, 7) is 11.8. The fourth-order valence-electron chi connectivity index (χ4n) is 2.34. The van der Waals surface area contributed by atoms with Gasteiger partial charge in [0.15, 0.2) is 0 Å². The predicted octanol–water partition coefficient (Wildman–Crippen LogP) is 3.55. The van der Waals surface area contributed by atoms with Gasteiger partial charge < -0.3 is 5.32 Å². The molecule has 7 heteroatoms. The van der Waals surface area contributed by atoms with Crippen molar-refractivity contribution in [2.45, 2.75) is 54.3 Å². The SMILES string of the molecule is CCn1nc(C)c(CNc2cn(CC(C)C)nc2C)c1F.Cl. The van der Waals surface area contributed by atoms with Gasteiger partial charge in [0.1, 0.15) is 0 Å². The van der Waals surface area contributed by atoms with Crippen LogP contribution in [0.15, 0.2) is 6.20 Å². The van der Waals surface area contributed by atoms with Crippen molar-refractivity contribution in [3.63, 3.8) is 0 Å². The zero-order valence-electron chi connectivity index (χ0n) is 13.9. The summed E-state index contributed by atoms with van der Waals surface area (Å²) >= 11 is 0. The number of hydrogen-bond donors (Lipinski definition) is 1. The normalized spacial score (nSPS) is 10.9. The van der Waals surface area contributed by atoms with Gasteiger partial charge in [-0.05, 0) is 26.7 Å². The molecule has 0 aliphatic carbocycles. The Hall–Kier alpha value is -1.56. The first-order chi connectivity index (χ1) is 9.92. The molecule has 0 fully saturated rings. The van der Waals surface area contributed by atoms with Crippen LogP contribution in [-0.2, 0) is 19.6 Å². The first-order valence-electron chi connectivity index (χ1n) is 7.42. The minimum Gasteiger partial charge on any atom is -0.378 e. The summed E-state index contributed by atoms with van der Waals surface area (Å²) in [5, 5.41) is 11.9. The molecule has 124 valence electrons. The Bertz CT molecular complexity index is 618. The van der Waals surface area contributed by atoms with Crippen LogP contribution in [0.25, 0.3) is 0 Å². The molecule has 0 amide bonds. The molecule has 0 atom stereocenters. The van der Waals surface area contributed by atoms with Crippen molar-refractivity contribution in [2.75, 3.05) is 5.32 Å². The topological polar surface area (TPSA) is 47.7 Å². The zero-order valence-corrected chi connectivity index (χ0v) is 14.7. The van der Waals surface area contributed by atoms with Crippen LogP contribution in [0.2, 0.25) is 0 Å². The van der Waals surface area contributed by atoms with Crippen LogP contribution >= 0.6 is 12.4 Å². The van der Waals surface area contributed by atoms with E-state index in [1.807, 2.05) is 31.6 Å². The van der Waals surface area contributed by atoms with Crippen LogP contribution in [0.4, 0.5) is 10.1 Å². The summed E-state index contributed by atoms with van der Waals surface area (Å²) in [5.74, 6) is 0.286. The molecule has 1 N–H and O–H groups in total. The van der Waals surface area contributed by atoms with E-state index in [2.05, 4.69) is 29.4 Å². The second kappa shape index (κ2) is 7.63. The molecule has 0 aliphatic rings. The zero-order chi connectivity index (χ0) is 15.6. The number of nitrogens with zero attached hydrogens (tertiary/aromatic N) is 4. The quantitative estimate of drug-likeness (QED) is 0.881. The van der Waals surface area contributed by atoms with E-state index in [9.17, 15) is 4.39 Å². The number of halogens is 2. The molecule has 2 aromatic rings. The van der Waals surface area contributed by atoms with Crippen molar-refractivity contribution < 1.29 is 4.39 Å². The maximum absolute atomic E-state index is 14.1. The fraction of sp³-hybridized carbons (Fsp3) is 0.600. The summed E-state index contributed by atoms with van der Waals surface area (Å²) < 4.78 is 17.4. The third kappa shape index (κ3) is 4.00. The highest BCUT2D eigenvalue weighted by Crippen LogP contribution is 2.18. The molecule has 0 radical (unpaired) electrons. The van der Waals surface area contributed by atoms with Crippen molar-refractivity contribution in [1.82, 2.24) is 19.6 Å². The summed E-state index contributed by atoms with van der Waals surface area (Å²) in [6.07, 6.45) is 1.98. The Morgan fingerprint density at radius 3 is 2.45 bits per heavy atom. The van der Waals surface area contributed by atoms with Crippen molar-refractivity contribution in [2.24, 2.45) is 5.92 Å². The van der Waals surface area contributed by atoms with Crippen LogP contribution in [0.3, 0.4) is 0 Å². The monoisotopic (exact) mass is 329 g/mol. The molecular weight excluding hydrogens is 305 g/mol. The lowest BCUT2D eigenvalue weighted by Crippen LogP contribution is -2.05. The average molecular weight is 330 g/mol. The van der Waals surface area contributed by atoms with Crippen molar-refractivity contribution in [3.05, 3.63) is 29.1 Å². The second-order valence-electron chi connectivity index (χ2n) is 5.77. The van der Waals surface area contributed by atoms with E-state index in [0.29, 0.717) is 24.6 Å². The number of nitrogens with one attached hydrogen (secondary N) is 1. The van der Waals surface area contributed by atoms with E-state index in [-0.39, 0.29) is 18.4 Å². The molecule has 0 bridgehead atoms. The van der Waals surface area contributed by atoms with Crippen LogP contribution in [0.5, 0.6) is 0 Å². The smallest absolute Gasteiger partial charge is 0.216 e. The maximum atomic E-state index is 14.1. The number of aromatic nitrogens is 4. The van der Waals surface area contributed by atoms with Gasteiger partial charge in [-0.25, -0.2) is 4.68 Å². The predicted molar refractivity (Wildman–Crippen MR) is 89.0 cm³/mol. The van der Waals surface area contributed by atoms with Gasteiger partial charge in [0.25, 0.3) is 0 Å². The molecular formula is C15H25ClFN5. The third-order valence-electron chi connectivity index (χ3n) is 3.44. The molecule has 5 nitrogen and oxygen atoms in total. The molecule has 0 aliphatic heterocycles. The molecule has 0 spiro atoms. The molecule has 0 unspecified atom stereocenters. The number of hydrogen-bond acceptors (Lipinski definition) is 3. The maximum Gasteiger partial charge on any atom is 0.216 e. The minimum absolute atomic E-state index is 0. The van der Waals surface area contributed by atoms with E-state index in [1.165, 1.54) is 4.68 Å². The van der Waals surface area contributed by atoms with Gasteiger partial charge in [0.05, 0.1) is 17.1 Å². The average Bonchev–Trinajstić information content (AvgIpc) is 2.87. The fourth-order valence-corrected chi connectivity index (χ4v) is 2.34. The van der Waals surface area contributed by atoms with E-state index >= 15 is 0 Å². The summed E-state index contributed by atoms with van der Waals surface area (Å²) in [5.41, 5.74) is 3.22. The third-order valence-corrected chi connectivity index (χ3v) is 3.44. The van der Waals surface area contributed by atoms with Crippen LogP contribution in [-0.4, -0.2) is 19.6 Å². The van der Waals surface area contributed by atoms with Crippen LogP contribution in [0, 0.1) is 25.7 Å². The minimum atomic E-state index is -0.255. The van der Waals surface area contributed by atoms with Gasteiger partial charge in [-0.15, -0.1) is 12.4 Å². The van der Waals surface area contributed by atoms with Gasteiger partial charge >= 0.3 is 0 Å². The first kappa shape index (κ1) is 18.5. The van der Waals surface area contributed by atoms with E-state index in [1.54, 1.807) is 0 Å². The standard InChI is InChI=1S/C15H24FN5.ClH/c1-6-21-15(16)13(11(4)19-21)7-17-14-9-20(8-10(2)3)18-12(14)5;/h9-10,17H,6-8H2,1-5H3;1H. The number of anilines is 1. The van der Waals surface area contributed by atoms with Gasteiger partial charge in [-0.2, -0.15) is 14.6 Å². The molecule has 2 aromatic heterocycles. The first-order valence-corrected chi connectivity index (χ1v) is 7.42. The molecule has 22 heavy (non-hydrogen) atoms. The second-order valence-corrected chi connectivity index (χ2v) is 5.77. The van der Waals surface area contributed by atoms with E-state index in [4.69, 9.17) is 0 Å². The molecule has 2 heterocycles.